The van der Waals surface area contributed by atoms with E-state index in [1.54, 1.807) is 0 Å². The van der Waals surface area contributed by atoms with Crippen molar-refractivity contribution < 1.29 is 4.79 Å². The van der Waals surface area contributed by atoms with Gasteiger partial charge in [-0.3, -0.25) is 9.69 Å². The van der Waals surface area contributed by atoms with Gasteiger partial charge in [-0.05, 0) is 69.0 Å². The average molecular weight is 412 g/mol. The number of rotatable bonds is 2. The molecule has 0 radical (unpaired) electrons. The van der Waals surface area contributed by atoms with Gasteiger partial charge in [0, 0.05) is 61.9 Å². The highest BCUT2D eigenvalue weighted by atomic mass is 32.1. The van der Waals surface area contributed by atoms with Crippen LogP contribution in [-0.4, -0.2) is 89.4 Å². The number of piperidine rings is 2. The molecule has 29 heavy (non-hydrogen) atoms. The molecule has 2 aromatic rings. The standard InChI is InChI=1S/C22H29N5OS/c1-24-8-2-3-18-19(24)14-27(18)16-4-5-17-20(13-16)29-23-21(17)22(28)26-12-11-25-9-6-15(26)7-10-25/h4-5,13,15,18-19H,2-3,6-12,14H2,1H3. The van der Waals surface area contributed by atoms with Crippen LogP contribution < -0.4 is 4.90 Å². The Balaban J connectivity index is 1.26. The van der Waals surface area contributed by atoms with Crippen LogP contribution in [0.1, 0.15) is 36.2 Å². The molecule has 1 aromatic heterocycles. The highest BCUT2D eigenvalue weighted by Crippen LogP contribution is 2.37. The number of hydrogen-bond donors (Lipinski definition) is 0. The first kappa shape index (κ1) is 18.1. The molecule has 0 aliphatic carbocycles. The maximum atomic E-state index is 13.4. The lowest BCUT2D eigenvalue weighted by atomic mass is 9.86. The van der Waals surface area contributed by atoms with Crippen LogP contribution in [-0.2, 0) is 0 Å². The number of carbonyl (C=O) groups excluding carboxylic acids is 1. The first-order valence-electron chi connectivity index (χ1n) is 11.1. The number of likely N-dealkylation sites (N-methyl/N-ethyl adjacent to an activating group) is 1. The molecule has 6 heterocycles. The Morgan fingerprint density at radius 2 is 1.93 bits per heavy atom. The summed E-state index contributed by atoms with van der Waals surface area (Å²) in [6.45, 7) is 6.43. The molecule has 7 heteroatoms. The van der Waals surface area contributed by atoms with Gasteiger partial charge in [0.1, 0.15) is 5.69 Å². The summed E-state index contributed by atoms with van der Waals surface area (Å²) in [6.07, 6.45) is 4.77. The maximum Gasteiger partial charge on any atom is 0.274 e. The molecule has 0 N–H and O–H groups in total. The number of benzene rings is 1. The number of carbonyl (C=O) groups is 1. The lowest BCUT2D eigenvalue weighted by Gasteiger charge is -2.56. The monoisotopic (exact) mass is 411 g/mol. The summed E-state index contributed by atoms with van der Waals surface area (Å²) < 4.78 is 5.77. The first-order valence-corrected chi connectivity index (χ1v) is 11.9. The second-order valence-electron chi connectivity index (χ2n) is 9.19. The Morgan fingerprint density at radius 3 is 2.79 bits per heavy atom. The summed E-state index contributed by atoms with van der Waals surface area (Å²) in [5, 5.41) is 1.03. The summed E-state index contributed by atoms with van der Waals surface area (Å²) in [5.74, 6) is 0.135. The number of hydrogen-bond acceptors (Lipinski definition) is 6. The van der Waals surface area contributed by atoms with Gasteiger partial charge < -0.3 is 14.7 Å². The van der Waals surface area contributed by atoms with E-state index in [0.717, 1.165) is 55.7 Å². The SMILES string of the molecule is CN1CCCC2C1CN2c1ccc2c(C(=O)N3CCN4CCC3CC4)nsc2c1. The van der Waals surface area contributed by atoms with Crippen molar-refractivity contribution in [1.82, 2.24) is 19.1 Å². The molecular formula is C22H29N5OS. The van der Waals surface area contributed by atoms with Crippen LogP contribution in [0.25, 0.3) is 10.1 Å². The Hall–Kier alpha value is -1.70. The number of amides is 1. The largest absolute Gasteiger partial charge is 0.365 e. The van der Waals surface area contributed by atoms with Gasteiger partial charge in [-0.1, -0.05) is 0 Å². The van der Waals surface area contributed by atoms with Gasteiger partial charge >= 0.3 is 0 Å². The van der Waals surface area contributed by atoms with Crippen molar-refractivity contribution in [3.05, 3.63) is 23.9 Å². The molecule has 6 nitrogen and oxygen atoms in total. The third-order valence-electron chi connectivity index (χ3n) is 7.71. The van der Waals surface area contributed by atoms with Crippen LogP contribution >= 0.6 is 11.5 Å². The second-order valence-corrected chi connectivity index (χ2v) is 10.00. The molecule has 154 valence electrons. The second kappa shape index (κ2) is 6.93. The Morgan fingerprint density at radius 1 is 1.07 bits per heavy atom. The number of nitrogens with zero attached hydrogens (tertiary/aromatic N) is 5. The molecule has 5 aliphatic heterocycles. The van der Waals surface area contributed by atoms with E-state index in [9.17, 15) is 4.79 Å². The summed E-state index contributed by atoms with van der Waals surface area (Å²) in [6, 6.07) is 8.33. The van der Waals surface area contributed by atoms with Crippen molar-refractivity contribution >= 4 is 33.2 Å². The lowest BCUT2D eigenvalue weighted by Crippen LogP contribution is -2.68. The molecule has 1 amide bonds. The van der Waals surface area contributed by atoms with E-state index in [1.807, 2.05) is 0 Å². The van der Waals surface area contributed by atoms with Crippen molar-refractivity contribution in [3.63, 3.8) is 0 Å². The van der Waals surface area contributed by atoms with Gasteiger partial charge in [0.05, 0.1) is 4.70 Å². The fourth-order valence-corrected chi connectivity index (χ4v) is 6.67. The van der Waals surface area contributed by atoms with Crippen LogP contribution in [0.3, 0.4) is 0 Å². The van der Waals surface area contributed by atoms with Crippen LogP contribution in [0.15, 0.2) is 18.2 Å². The lowest BCUT2D eigenvalue weighted by molar-refractivity contribution is 0.0682. The molecule has 5 aliphatic rings. The van der Waals surface area contributed by atoms with Gasteiger partial charge in [-0.25, -0.2) is 0 Å². The van der Waals surface area contributed by atoms with E-state index in [0.29, 0.717) is 23.8 Å². The van der Waals surface area contributed by atoms with Crippen molar-refractivity contribution in [2.45, 2.75) is 43.8 Å². The predicted octanol–water partition coefficient (Wildman–Crippen LogP) is 2.50. The zero-order valence-electron chi connectivity index (χ0n) is 17.1. The summed E-state index contributed by atoms with van der Waals surface area (Å²) >= 11 is 1.48. The Kier molecular flexibility index (Phi) is 4.32. The average Bonchev–Trinajstić information content (AvgIpc) is 2.89. The normalized spacial score (nSPS) is 32.2. The number of likely N-dealkylation sites (tertiary alicyclic amines) is 1. The summed E-state index contributed by atoms with van der Waals surface area (Å²) in [4.78, 5) is 23.0. The third kappa shape index (κ3) is 2.89. The fourth-order valence-electron chi connectivity index (χ4n) is 5.87. The highest BCUT2D eigenvalue weighted by molar-refractivity contribution is 7.13. The van der Waals surface area contributed by atoms with Crippen molar-refractivity contribution in [2.24, 2.45) is 0 Å². The predicted molar refractivity (Wildman–Crippen MR) is 117 cm³/mol. The molecule has 5 saturated heterocycles. The molecule has 7 rings (SSSR count). The van der Waals surface area contributed by atoms with Crippen LogP contribution in [0, 0.1) is 0 Å². The number of fused-ring (bicyclic) bond motifs is 6. The topological polar surface area (TPSA) is 42.9 Å². The van der Waals surface area contributed by atoms with E-state index < -0.39 is 0 Å². The number of anilines is 1. The van der Waals surface area contributed by atoms with Crippen molar-refractivity contribution in [3.8, 4) is 0 Å². The van der Waals surface area contributed by atoms with E-state index in [1.165, 1.54) is 36.6 Å². The quantitative estimate of drug-likeness (QED) is 0.760. The first-order chi connectivity index (χ1) is 14.2. The van der Waals surface area contributed by atoms with Gasteiger partial charge in [0.15, 0.2) is 0 Å². The van der Waals surface area contributed by atoms with Crippen LogP contribution in [0.5, 0.6) is 0 Å². The van der Waals surface area contributed by atoms with E-state index >= 15 is 0 Å². The zero-order valence-corrected chi connectivity index (χ0v) is 17.9. The molecular weight excluding hydrogens is 382 g/mol. The minimum atomic E-state index is 0.135. The molecule has 0 saturated carbocycles. The van der Waals surface area contributed by atoms with E-state index in [2.05, 4.69) is 49.2 Å². The molecule has 2 bridgehead atoms. The van der Waals surface area contributed by atoms with Gasteiger partial charge in [0.2, 0.25) is 0 Å². The smallest absolute Gasteiger partial charge is 0.274 e. The van der Waals surface area contributed by atoms with Crippen LogP contribution in [0.4, 0.5) is 5.69 Å². The maximum absolute atomic E-state index is 13.4. The van der Waals surface area contributed by atoms with E-state index in [-0.39, 0.29) is 5.91 Å². The molecule has 1 aromatic carbocycles. The molecule has 2 atom stereocenters. The summed E-state index contributed by atoms with van der Waals surface area (Å²) in [7, 11) is 2.25. The van der Waals surface area contributed by atoms with Crippen molar-refractivity contribution in [2.75, 3.05) is 51.2 Å². The van der Waals surface area contributed by atoms with Gasteiger partial charge in [-0.15, -0.1) is 0 Å². The van der Waals surface area contributed by atoms with Gasteiger partial charge in [0.25, 0.3) is 5.91 Å². The Bertz CT molecular complexity index is 936. The molecule has 2 unspecified atom stereocenters. The molecule has 0 spiro atoms. The highest BCUT2D eigenvalue weighted by Gasteiger charge is 2.43. The van der Waals surface area contributed by atoms with E-state index in [4.69, 9.17) is 0 Å². The van der Waals surface area contributed by atoms with Crippen molar-refractivity contribution in [1.29, 1.82) is 0 Å². The third-order valence-corrected chi connectivity index (χ3v) is 8.52. The fraction of sp³-hybridized carbons (Fsp3) is 0.636. The summed E-state index contributed by atoms with van der Waals surface area (Å²) in [5.41, 5.74) is 1.95. The number of aromatic nitrogens is 1. The van der Waals surface area contributed by atoms with Gasteiger partial charge in [-0.2, -0.15) is 4.37 Å². The van der Waals surface area contributed by atoms with Crippen LogP contribution in [0.2, 0.25) is 0 Å². The zero-order chi connectivity index (χ0) is 19.5. The minimum absolute atomic E-state index is 0.135. The minimum Gasteiger partial charge on any atom is -0.365 e. The Labute approximate surface area is 176 Å². The molecule has 5 fully saturated rings.